The molecule has 0 aliphatic carbocycles. The monoisotopic (exact) mass is 840 g/mol. The van der Waals surface area contributed by atoms with Gasteiger partial charge in [-0.3, -0.25) is 19.2 Å². The van der Waals surface area contributed by atoms with Crippen molar-refractivity contribution in [3.8, 4) is 0 Å². The maximum atomic E-state index is 12.7. The molecule has 0 rings (SSSR count). The van der Waals surface area contributed by atoms with Crippen molar-refractivity contribution in [3.05, 3.63) is 0 Å². The molecule has 0 heterocycles. The van der Waals surface area contributed by atoms with Gasteiger partial charge in [-0.1, -0.05) is 143 Å². The maximum Gasteiger partial charge on any atom is 0.306 e. The molecule has 0 aliphatic rings. The summed E-state index contributed by atoms with van der Waals surface area (Å²) in [6.07, 6.45) is 31.8. The largest absolute Gasteiger partial charge is 0.463 e. The Balaban J connectivity index is 4.37. The summed E-state index contributed by atoms with van der Waals surface area (Å²) in [6.45, 7) is 9.34. The summed E-state index contributed by atoms with van der Waals surface area (Å²) < 4.78 is 22.7. The number of esters is 4. The summed E-state index contributed by atoms with van der Waals surface area (Å²) in [6, 6.07) is 0. The van der Waals surface area contributed by atoms with Crippen LogP contribution in [0.25, 0.3) is 0 Å². The lowest BCUT2D eigenvalue weighted by molar-refractivity contribution is -0.160. The Bertz CT molecular complexity index is 977. The van der Waals surface area contributed by atoms with Crippen molar-refractivity contribution in [1.29, 1.82) is 0 Å². The van der Waals surface area contributed by atoms with Crippen molar-refractivity contribution in [2.75, 3.05) is 33.4 Å². The van der Waals surface area contributed by atoms with Crippen LogP contribution in [0.2, 0.25) is 0 Å². The van der Waals surface area contributed by atoms with Gasteiger partial charge in [0.25, 0.3) is 0 Å². The molecular formula is C49H93NO9. The predicted octanol–water partition coefficient (Wildman–Crippen LogP) is 12.1. The predicted molar refractivity (Wildman–Crippen MR) is 240 cm³/mol. The van der Waals surface area contributed by atoms with E-state index < -0.39 is 6.10 Å². The van der Waals surface area contributed by atoms with Crippen LogP contribution in [0.3, 0.4) is 0 Å². The molecule has 0 spiro atoms. The van der Waals surface area contributed by atoms with Crippen molar-refractivity contribution >= 4 is 23.9 Å². The Morgan fingerprint density at radius 2 is 0.814 bits per heavy atom. The quantitative estimate of drug-likeness (QED) is 0.0360. The summed E-state index contributed by atoms with van der Waals surface area (Å²) >= 11 is 0. The van der Waals surface area contributed by atoms with E-state index in [-0.39, 0.29) is 62.1 Å². The molecule has 0 aromatic carbocycles. The Labute approximate surface area is 362 Å². The van der Waals surface area contributed by atoms with Crippen LogP contribution in [0.15, 0.2) is 0 Å². The zero-order valence-electron chi connectivity index (χ0n) is 39.1. The van der Waals surface area contributed by atoms with E-state index in [1.54, 1.807) is 0 Å². The van der Waals surface area contributed by atoms with E-state index >= 15 is 0 Å². The number of hydrogen-bond acceptors (Lipinski definition) is 10. The Morgan fingerprint density at radius 3 is 1.25 bits per heavy atom. The van der Waals surface area contributed by atoms with Gasteiger partial charge in [0.15, 0.2) is 0 Å². The fourth-order valence-corrected chi connectivity index (χ4v) is 7.39. The second-order valence-corrected chi connectivity index (χ2v) is 17.2. The van der Waals surface area contributed by atoms with Crippen molar-refractivity contribution < 1.29 is 43.2 Å². The first-order chi connectivity index (χ1) is 28.6. The molecule has 10 heteroatoms. The van der Waals surface area contributed by atoms with E-state index in [4.69, 9.17) is 18.9 Å². The third-order valence-electron chi connectivity index (χ3n) is 11.1. The van der Waals surface area contributed by atoms with Gasteiger partial charge in [-0.2, -0.15) is 0 Å². The summed E-state index contributed by atoms with van der Waals surface area (Å²) in [4.78, 5) is 52.0. The Hall–Kier alpha value is -2.20. The number of hydrogen-bond donors (Lipinski definition) is 1. The lowest BCUT2D eigenvalue weighted by Crippen LogP contribution is -2.37. The zero-order chi connectivity index (χ0) is 43.6. The fraction of sp³-hybridized carbons (Fsp3) is 0.918. The minimum atomic E-state index is -0.631. The fourth-order valence-electron chi connectivity index (χ4n) is 7.39. The highest BCUT2D eigenvalue weighted by atomic mass is 16.6. The topological polar surface area (TPSA) is 129 Å². The Kier molecular flexibility index (Phi) is 40.9. The molecular weight excluding hydrogens is 747 g/mol. The number of carbonyl (C=O) groups is 4. The van der Waals surface area contributed by atoms with E-state index in [9.17, 15) is 24.3 Å². The van der Waals surface area contributed by atoms with Crippen molar-refractivity contribution in [2.24, 2.45) is 0 Å². The minimum absolute atomic E-state index is 0.0285. The van der Waals surface area contributed by atoms with Crippen LogP contribution in [0.1, 0.15) is 240 Å². The van der Waals surface area contributed by atoms with Crippen molar-refractivity contribution in [2.45, 2.75) is 258 Å². The Morgan fingerprint density at radius 1 is 0.458 bits per heavy atom. The van der Waals surface area contributed by atoms with Crippen LogP contribution in [0.5, 0.6) is 0 Å². The van der Waals surface area contributed by atoms with Crippen LogP contribution in [0.4, 0.5) is 0 Å². The maximum absolute atomic E-state index is 12.7. The van der Waals surface area contributed by atoms with Crippen LogP contribution in [0, 0.1) is 0 Å². The number of unbranched alkanes of at least 4 members (excludes halogenated alkanes) is 21. The first kappa shape index (κ1) is 56.8. The zero-order valence-corrected chi connectivity index (χ0v) is 39.1. The van der Waals surface area contributed by atoms with Gasteiger partial charge in [0.1, 0.15) is 18.8 Å². The molecule has 0 amide bonds. The SMILES string of the molecule is CCCCCCCCC(C)OC(=O)CCCCCCC(=O)OC(COC(=O)CCCCCCC(=O)OC(CCCCCCCC)CCCCCCCC)CN(C)CCO. The van der Waals surface area contributed by atoms with Crippen molar-refractivity contribution in [3.63, 3.8) is 0 Å². The molecule has 0 bridgehead atoms. The van der Waals surface area contributed by atoms with Gasteiger partial charge in [-0.05, 0) is 78.2 Å². The van der Waals surface area contributed by atoms with Gasteiger partial charge < -0.3 is 29.0 Å². The molecule has 0 saturated carbocycles. The molecule has 0 aliphatic heterocycles. The first-order valence-corrected chi connectivity index (χ1v) is 24.7. The average Bonchev–Trinajstić information content (AvgIpc) is 3.20. The van der Waals surface area contributed by atoms with Crippen LogP contribution >= 0.6 is 0 Å². The van der Waals surface area contributed by atoms with Crippen LogP contribution in [-0.4, -0.2) is 85.5 Å². The van der Waals surface area contributed by atoms with E-state index in [1.807, 2.05) is 18.9 Å². The average molecular weight is 840 g/mol. The highest BCUT2D eigenvalue weighted by molar-refractivity contribution is 5.71. The molecule has 59 heavy (non-hydrogen) atoms. The number of nitrogens with zero attached hydrogens (tertiary/aromatic N) is 1. The number of aliphatic hydroxyl groups is 1. The molecule has 0 saturated heterocycles. The minimum Gasteiger partial charge on any atom is -0.463 e. The van der Waals surface area contributed by atoms with E-state index in [0.717, 1.165) is 77.0 Å². The number of rotatable bonds is 44. The number of carbonyl (C=O) groups excluding carboxylic acids is 4. The molecule has 0 aromatic rings. The van der Waals surface area contributed by atoms with Crippen molar-refractivity contribution in [1.82, 2.24) is 4.90 Å². The van der Waals surface area contributed by atoms with Gasteiger partial charge >= 0.3 is 23.9 Å². The first-order valence-electron chi connectivity index (χ1n) is 24.7. The molecule has 1 N–H and O–H groups in total. The molecule has 0 fully saturated rings. The molecule has 0 radical (unpaired) electrons. The highest BCUT2D eigenvalue weighted by Gasteiger charge is 2.20. The van der Waals surface area contributed by atoms with Gasteiger partial charge in [0, 0.05) is 38.8 Å². The normalized spacial score (nSPS) is 12.5. The number of ether oxygens (including phenoxy) is 4. The number of aliphatic hydroxyl groups excluding tert-OH is 1. The van der Waals surface area contributed by atoms with Gasteiger partial charge in [0.05, 0.1) is 12.7 Å². The summed E-state index contributed by atoms with van der Waals surface area (Å²) in [5, 5.41) is 9.34. The second-order valence-electron chi connectivity index (χ2n) is 17.2. The van der Waals surface area contributed by atoms with Crippen LogP contribution < -0.4 is 0 Å². The molecule has 348 valence electrons. The standard InChI is InChI=1S/C49H93NO9/c1-6-9-12-15-18-25-32-43(4)57-47(53)36-29-23-24-31-38-49(55)59-45(41-50(5)39-40-51)42-56-46(52)35-28-21-22-30-37-48(54)58-44(33-26-19-16-13-10-7-2)34-27-20-17-14-11-8-3/h43-45,51H,6-42H2,1-5H3. The van der Waals surface area contributed by atoms with Crippen LogP contribution in [-0.2, 0) is 38.1 Å². The second kappa shape index (κ2) is 42.5. The smallest absolute Gasteiger partial charge is 0.306 e. The lowest BCUT2D eigenvalue weighted by Gasteiger charge is -2.23. The summed E-state index contributed by atoms with van der Waals surface area (Å²) in [5.74, 6) is -0.928. The molecule has 2 unspecified atom stereocenters. The van der Waals surface area contributed by atoms with E-state index in [1.165, 1.54) is 96.3 Å². The summed E-state index contributed by atoms with van der Waals surface area (Å²) in [5.41, 5.74) is 0. The van der Waals surface area contributed by atoms with Gasteiger partial charge in [-0.25, -0.2) is 0 Å². The third kappa shape index (κ3) is 39.7. The third-order valence-corrected chi connectivity index (χ3v) is 11.1. The van der Waals surface area contributed by atoms with Gasteiger partial charge in [0.2, 0.25) is 0 Å². The molecule has 2 atom stereocenters. The molecule has 10 nitrogen and oxygen atoms in total. The molecule has 0 aromatic heterocycles. The summed E-state index contributed by atoms with van der Waals surface area (Å²) in [7, 11) is 1.82. The van der Waals surface area contributed by atoms with E-state index in [2.05, 4.69) is 20.8 Å². The number of likely N-dealkylation sites (N-methyl/N-ethyl adjacent to an activating group) is 1. The lowest BCUT2D eigenvalue weighted by atomic mass is 10.0. The van der Waals surface area contributed by atoms with Gasteiger partial charge in [-0.15, -0.1) is 0 Å². The van der Waals surface area contributed by atoms with E-state index in [0.29, 0.717) is 38.8 Å². The highest BCUT2D eigenvalue weighted by Crippen LogP contribution is 2.19.